The Hall–Kier alpha value is -1.83. The molecule has 1 aliphatic rings. The maximum atomic E-state index is 12.6. The van der Waals surface area contributed by atoms with Gasteiger partial charge >= 0.3 is 6.18 Å². The number of alkyl halides is 3. The van der Waals surface area contributed by atoms with Gasteiger partial charge in [-0.1, -0.05) is 0 Å². The monoisotopic (exact) mass is 318 g/mol. The van der Waals surface area contributed by atoms with E-state index in [-0.39, 0.29) is 12.0 Å². The predicted molar refractivity (Wildman–Crippen MR) is 72.1 cm³/mol. The topological polar surface area (TPSA) is 71.3 Å². The lowest BCUT2D eigenvalue weighted by Crippen LogP contribution is -2.34. The minimum absolute atomic E-state index is 0.164. The summed E-state index contributed by atoms with van der Waals surface area (Å²) in [5.41, 5.74) is -1.64. The molecule has 2 N–H and O–H groups in total. The van der Waals surface area contributed by atoms with Crippen LogP contribution in [0, 0.1) is 5.92 Å². The fourth-order valence-electron chi connectivity index (χ4n) is 2.53. The van der Waals surface area contributed by atoms with Gasteiger partial charge in [0.2, 0.25) is 5.91 Å². The van der Waals surface area contributed by atoms with Crippen LogP contribution in [0.1, 0.15) is 24.8 Å². The minimum Gasteiger partial charge on any atom is -0.393 e. The van der Waals surface area contributed by atoms with Crippen molar-refractivity contribution in [3.05, 3.63) is 34.2 Å². The van der Waals surface area contributed by atoms with Crippen molar-refractivity contribution < 1.29 is 23.1 Å². The molecule has 0 aromatic carbocycles. The minimum atomic E-state index is -4.56. The Bertz CT molecular complexity index is 598. The second-order valence-corrected chi connectivity index (χ2v) is 5.52. The normalized spacial score (nSPS) is 21.8. The number of hydrogen-bond acceptors (Lipinski definition) is 3. The molecule has 2 atom stereocenters. The molecule has 0 bridgehead atoms. The van der Waals surface area contributed by atoms with Crippen LogP contribution in [0.2, 0.25) is 0 Å². The summed E-state index contributed by atoms with van der Waals surface area (Å²) in [6, 6.07) is 1.49. The van der Waals surface area contributed by atoms with Gasteiger partial charge in [-0.2, -0.15) is 13.2 Å². The van der Waals surface area contributed by atoms with Gasteiger partial charge in [-0.3, -0.25) is 9.59 Å². The summed E-state index contributed by atoms with van der Waals surface area (Å²) in [7, 11) is 0. The van der Waals surface area contributed by atoms with E-state index >= 15 is 0 Å². The zero-order valence-corrected chi connectivity index (χ0v) is 11.8. The summed E-state index contributed by atoms with van der Waals surface area (Å²) in [6.45, 7) is -0.109. The fourth-order valence-corrected chi connectivity index (χ4v) is 2.53. The van der Waals surface area contributed by atoms with Crippen molar-refractivity contribution >= 4 is 5.91 Å². The van der Waals surface area contributed by atoms with Crippen LogP contribution in [0.4, 0.5) is 13.2 Å². The number of aliphatic hydroxyl groups is 1. The van der Waals surface area contributed by atoms with Crippen LogP contribution in [0.3, 0.4) is 0 Å². The molecule has 122 valence electrons. The molecule has 1 heterocycles. The van der Waals surface area contributed by atoms with Crippen LogP contribution in [-0.4, -0.2) is 28.2 Å². The molecule has 8 heteroatoms. The lowest BCUT2D eigenvalue weighted by atomic mass is 10.1. The number of halogens is 3. The van der Waals surface area contributed by atoms with Gasteiger partial charge in [0.05, 0.1) is 11.7 Å². The highest BCUT2D eigenvalue weighted by Crippen LogP contribution is 2.28. The third-order valence-corrected chi connectivity index (χ3v) is 3.73. The Labute approximate surface area is 124 Å². The van der Waals surface area contributed by atoms with Crippen molar-refractivity contribution in [1.29, 1.82) is 0 Å². The molecule has 1 amide bonds. The summed E-state index contributed by atoms with van der Waals surface area (Å²) in [5.74, 6) is -0.361. The van der Waals surface area contributed by atoms with Crippen LogP contribution in [0.25, 0.3) is 0 Å². The van der Waals surface area contributed by atoms with Crippen molar-refractivity contribution in [2.45, 2.75) is 38.1 Å². The van der Waals surface area contributed by atoms with Gasteiger partial charge in [-0.25, -0.2) is 0 Å². The second kappa shape index (κ2) is 6.51. The number of aliphatic hydroxyl groups excluding tert-OH is 1. The first-order chi connectivity index (χ1) is 10.3. The largest absolute Gasteiger partial charge is 0.417 e. The molecule has 5 nitrogen and oxygen atoms in total. The lowest BCUT2D eigenvalue weighted by molar-refractivity contribution is -0.138. The molecule has 2 rings (SSSR count). The molecule has 0 spiro atoms. The predicted octanol–water partition coefficient (Wildman–Crippen LogP) is 1.14. The Morgan fingerprint density at radius 3 is 2.68 bits per heavy atom. The van der Waals surface area contributed by atoms with Crippen LogP contribution < -0.4 is 10.9 Å². The molecule has 2 unspecified atom stereocenters. The highest BCUT2D eigenvalue weighted by molar-refractivity contribution is 5.75. The molecular weight excluding hydrogens is 301 g/mol. The maximum absolute atomic E-state index is 12.6. The van der Waals surface area contributed by atoms with Crippen molar-refractivity contribution in [3.8, 4) is 0 Å². The third-order valence-electron chi connectivity index (χ3n) is 3.73. The van der Waals surface area contributed by atoms with E-state index in [9.17, 15) is 27.9 Å². The molecule has 22 heavy (non-hydrogen) atoms. The van der Waals surface area contributed by atoms with Gasteiger partial charge in [0.15, 0.2) is 0 Å². The molecular formula is C14H17F3N2O3. The first-order valence-electron chi connectivity index (χ1n) is 6.98. The van der Waals surface area contributed by atoms with Gasteiger partial charge < -0.3 is 15.0 Å². The van der Waals surface area contributed by atoms with Crippen LogP contribution in [0.5, 0.6) is 0 Å². The smallest absolute Gasteiger partial charge is 0.393 e. The maximum Gasteiger partial charge on any atom is 0.417 e. The summed E-state index contributed by atoms with van der Waals surface area (Å²) in [4.78, 5) is 23.3. The molecule has 1 fully saturated rings. The Balaban J connectivity index is 1.95. The molecule has 0 saturated heterocycles. The van der Waals surface area contributed by atoms with E-state index in [1.807, 2.05) is 0 Å². The first kappa shape index (κ1) is 16.5. The van der Waals surface area contributed by atoms with Crippen LogP contribution in [0.15, 0.2) is 23.1 Å². The van der Waals surface area contributed by atoms with E-state index < -0.39 is 29.8 Å². The van der Waals surface area contributed by atoms with Gasteiger partial charge in [-0.15, -0.1) is 0 Å². The number of hydrogen-bond donors (Lipinski definition) is 2. The van der Waals surface area contributed by atoms with Crippen molar-refractivity contribution in [3.63, 3.8) is 0 Å². The number of nitrogens with one attached hydrogen (secondary N) is 1. The van der Waals surface area contributed by atoms with Crippen LogP contribution >= 0.6 is 0 Å². The summed E-state index contributed by atoms with van der Waals surface area (Å²) >= 11 is 0. The number of carbonyl (C=O) groups is 1. The van der Waals surface area contributed by atoms with Crippen molar-refractivity contribution in [2.24, 2.45) is 5.92 Å². The number of pyridine rings is 1. The van der Waals surface area contributed by atoms with Gasteiger partial charge in [0, 0.05) is 18.8 Å². The zero-order chi connectivity index (χ0) is 16.3. The molecule has 1 aliphatic carbocycles. The Kier molecular flexibility index (Phi) is 4.90. The van der Waals surface area contributed by atoms with E-state index in [4.69, 9.17) is 0 Å². The van der Waals surface area contributed by atoms with E-state index in [1.54, 1.807) is 0 Å². The summed E-state index contributed by atoms with van der Waals surface area (Å²) in [5, 5.41) is 12.0. The number of amides is 1. The number of rotatable bonds is 4. The van der Waals surface area contributed by atoms with Crippen molar-refractivity contribution in [1.82, 2.24) is 9.88 Å². The van der Waals surface area contributed by atoms with Gasteiger partial charge in [0.25, 0.3) is 5.56 Å². The molecule has 1 saturated carbocycles. The molecule has 1 aromatic rings. The highest BCUT2D eigenvalue weighted by atomic mass is 19.4. The summed E-state index contributed by atoms with van der Waals surface area (Å²) < 4.78 is 38.5. The Morgan fingerprint density at radius 1 is 1.36 bits per heavy atom. The molecule has 1 aromatic heterocycles. The van der Waals surface area contributed by atoms with Crippen molar-refractivity contribution in [2.75, 3.05) is 6.54 Å². The second-order valence-electron chi connectivity index (χ2n) is 5.52. The van der Waals surface area contributed by atoms with E-state index in [0.717, 1.165) is 17.1 Å². The van der Waals surface area contributed by atoms with E-state index in [0.29, 0.717) is 31.6 Å². The quantitative estimate of drug-likeness (QED) is 0.875. The standard InChI is InChI=1S/C14H17F3N2O3/c15-14(16,17)10-2-4-13(22)19(7-10)8-12(21)18-6-9-1-3-11(20)5-9/h2,4,7,9,11,20H,1,3,5-6,8H2,(H,18,21). The number of carbonyl (C=O) groups excluding carboxylic acids is 1. The highest BCUT2D eigenvalue weighted by Gasteiger charge is 2.31. The van der Waals surface area contributed by atoms with E-state index in [2.05, 4.69) is 5.32 Å². The lowest BCUT2D eigenvalue weighted by Gasteiger charge is -2.13. The summed E-state index contributed by atoms with van der Waals surface area (Å²) in [6.07, 6.45) is -2.19. The van der Waals surface area contributed by atoms with E-state index in [1.165, 1.54) is 0 Å². The zero-order valence-electron chi connectivity index (χ0n) is 11.8. The average molecular weight is 318 g/mol. The molecule has 0 radical (unpaired) electrons. The SMILES string of the molecule is O=C(Cn1cc(C(F)(F)F)ccc1=O)NCC1CCC(O)C1. The number of nitrogens with zero attached hydrogens (tertiary/aromatic N) is 1. The first-order valence-corrected chi connectivity index (χ1v) is 6.98. The van der Waals surface area contributed by atoms with Gasteiger partial charge in [-0.05, 0) is 31.2 Å². The Morgan fingerprint density at radius 2 is 2.09 bits per heavy atom. The number of aromatic nitrogens is 1. The van der Waals surface area contributed by atoms with Crippen LogP contribution in [-0.2, 0) is 17.5 Å². The average Bonchev–Trinajstić information content (AvgIpc) is 2.83. The van der Waals surface area contributed by atoms with Gasteiger partial charge in [0.1, 0.15) is 6.54 Å². The third kappa shape index (κ3) is 4.33. The fraction of sp³-hybridized carbons (Fsp3) is 0.571. The molecule has 0 aliphatic heterocycles.